The third kappa shape index (κ3) is 9.76. The van der Waals surface area contributed by atoms with Crippen LogP contribution in [0.4, 0.5) is 25.1 Å². The SMILES string of the molecule is CC(C)(C)n1nc(-c2noc(C3CC3)c2-c2ncc(C3CCN(C(=O)OCC(=O)N4CCC(CN5CCC(c6c(F)cc(NC7CCC(=O)NC7=O)cc6F)CC5)CC4)CC3)cn2)c2c(N)ncnc21. The zero-order chi connectivity index (χ0) is 48.8. The summed E-state index contributed by atoms with van der Waals surface area (Å²) in [6.07, 6.45) is 11.2. The molecule has 8 heterocycles. The number of piperidine rings is 4. The van der Waals surface area contributed by atoms with E-state index in [2.05, 4.69) is 30.7 Å². The highest BCUT2D eigenvalue weighted by molar-refractivity contribution is 6.02. The summed E-state index contributed by atoms with van der Waals surface area (Å²) in [4.78, 5) is 74.1. The van der Waals surface area contributed by atoms with Gasteiger partial charge >= 0.3 is 6.09 Å². The number of fused-ring (bicyclic) bond motifs is 1. The molecule has 4 aliphatic heterocycles. The van der Waals surface area contributed by atoms with Gasteiger partial charge in [0.05, 0.1) is 16.5 Å². The predicted octanol–water partition coefficient (Wildman–Crippen LogP) is 6.08. The maximum atomic E-state index is 15.3. The van der Waals surface area contributed by atoms with Crippen LogP contribution in [0.2, 0.25) is 0 Å². The van der Waals surface area contributed by atoms with Crippen LogP contribution in [0.1, 0.15) is 120 Å². The molecular weight excluding hydrogens is 905 g/mol. The molecule has 10 rings (SSSR count). The zero-order valence-electron chi connectivity index (χ0n) is 39.8. The number of nitrogens with zero attached hydrogens (tertiary/aromatic N) is 10. The van der Waals surface area contributed by atoms with Crippen LogP contribution in [-0.2, 0) is 24.7 Å². The van der Waals surface area contributed by atoms with E-state index in [9.17, 15) is 19.2 Å². The highest BCUT2D eigenvalue weighted by Gasteiger charge is 2.38. The summed E-state index contributed by atoms with van der Waals surface area (Å²) in [5.74, 6) is -0.420. The molecule has 0 spiro atoms. The molecule has 4 aromatic heterocycles. The van der Waals surface area contributed by atoms with E-state index in [1.165, 1.54) is 18.5 Å². The molecule has 4 amide bonds. The van der Waals surface area contributed by atoms with Crippen molar-refractivity contribution in [2.24, 2.45) is 5.92 Å². The van der Waals surface area contributed by atoms with Gasteiger partial charge in [-0.25, -0.2) is 38.2 Å². The van der Waals surface area contributed by atoms with E-state index in [0.717, 1.165) is 43.6 Å². The van der Waals surface area contributed by atoms with Gasteiger partial charge in [-0.3, -0.25) is 19.7 Å². The number of rotatable bonds is 11. The molecule has 5 aliphatic rings. The average molecular weight is 964 g/mol. The van der Waals surface area contributed by atoms with E-state index in [0.29, 0.717) is 110 Å². The smallest absolute Gasteiger partial charge is 0.410 e. The van der Waals surface area contributed by atoms with Gasteiger partial charge in [0.2, 0.25) is 11.8 Å². The molecule has 4 saturated heterocycles. The molecule has 0 radical (unpaired) electrons. The lowest BCUT2D eigenvalue weighted by molar-refractivity contribution is -0.136. The summed E-state index contributed by atoms with van der Waals surface area (Å²) >= 11 is 0. The minimum atomic E-state index is -0.731. The Labute approximate surface area is 403 Å². The molecule has 21 heteroatoms. The number of aromatic nitrogens is 7. The second-order valence-corrected chi connectivity index (χ2v) is 20.5. The lowest BCUT2D eigenvalue weighted by Gasteiger charge is -2.38. The van der Waals surface area contributed by atoms with Gasteiger partial charge in [0, 0.05) is 68.7 Å². The Balaban J connectivity index is 0.666. The highest BCUT2D eigenvalue weighted by Crippen LogP contribution is 2.48. The van der Waals surface area contributed by atoms with Crippen molar-refractivity contribution in [3.63, 3.8) is 0 Å². The third-order valence-corrected chi connectivity index (χ3v) is 14.6. The number of nitrogens with one attached hydrogen (secondary N) is 2. The normalized spacial score (nSPS) is 20.3. The number of likely N-dealkylation sites (tertiary alicyclic amines) is 3. The number of anilines is 2. The monoisotopic (exact) mass is 963 g/mol. The van der Waals surface area contributed by atoms with E-state index in [1.807, 2.05) is 37.8 Å². The van der Waals surface area contributed by atoms with E-state index in [4.69, 9.17) is 30.1 Å². The van der Waals surface area contributed by atoms with Gasteiger partial charge in [0.1, 0.15) is 41.2 Å². The van der Waals surface area contributed by atoms with E-state index < -0.39 is 35.2 Å². The molecule has 70 heavy (non-hydrogen) atoms. The number of imide groups is 1. The molecule has 5 aromatic rings. The lowest BCUT2D eigenvalue weighted by Crippen LogP contribution is -2.47. The quantitative estimate of drug-likeness (QED) is 0.127. The van der Waals surface area contributed by atoms with Crippen LogP contribution in [0.25, 0.3) is 33.8 Å². The fourth-order valence-electron chi connectivity index (χ4n) is 10.5. The van der Waals surface area contributed by atoms with Gasteiger partial charge in [0.25, 0.3) is 5.91 Å². The fourth-order valence-corrected chi connectivity index (χ4v) is 10.5. The van der Waals surface area contributed by atoms with Crippen molar-refractivity contribution in [1.29, 1.82) is 0 Å². The summed E-state index contributed by atoms with van der Waals surface area (Å²) in [5.41, 5.74) is 9.50. The molecule has 1 saturated carbocycles. The van der Waals surface area contributed by atoms with Gasteiger partial charge < -0.3 is 35.0 Å². The molecular formula is C49H59F2N13O6. The number of ether oxygens (including phenoxy) is 1. The van der Waals surface area contributed by atoms with Gasteiger partial charge in [-0.2, -0.15) is 5.10 Å². The average Bonchev–Trinajstić information content (AvgIpc) is 3.96. The van der Waals surface area contributed by atoms with Crippen LogP contribution in [0, 0.1) is 17.6 Å². The fraction of sp³-hybridized carbons (Fsp3) is 0.551. The first-order valence-electron chi connectivity index (χ1n) is 24.5. The van der Waals surface area contributed by atoms with E-state index in [1.54, 1.807) is 9.80 Å². The largest absolute Gasteiger partial charge is 0.439 e. The minimum absolute atomic E-state index is 0.0727. The number of carbonyl (C=O) groups excluding carboxylic acids is 4. The molecule has 19 nitrogen and oxygen atoms in total. The first-order valence-corrected chi connectivity index (χ1v) is 24.5. The molecule has 4 N–H and O–H groups in total. The molecule has 5 fully saturated rings. The van der Waals surface area contributed by atoms with Crippen molar-refractivity contribution in [3.05, 3.63) is 59.4 Å². The number of amides is 4. The van der Waals surface area contributed by atoms with Crippen molar-refractivity contribution < 1.29 is 37.2 Å². The van der Waals surface area contributed by atoms with Crippen molar-refractivity contribution in [1.82, 2.24) is 54.9 Å². The number of nitrogen functional groups attached to an aromatic ring is 1. The molecule has 1 aliphatic carbocycles. The van der Waals surface area contributed by atoms with Crippen LogP contribution in [0.3, 0.4) is 0 Å². The van der Waals surface area contributed by atoms with Crippen molar-refractivity contribution in [3.8, 4) is 22.8 Å². The second-order valence-electron chi connectivity index (χ2n) is 20.5. The third-order valence-electron chi connectivity index (χ3n) is 14.6. The highest BCUT2D eigenvalue weighted by atomic mass is 19.1. The van der Waals surface area contributed by atoms with Gasteiger partial charge in [-0.15, -0.1) is 0 Å². The first-order chi connectivity index (χ1) is 33.7. The number of nitrogens with two attached hydrogens (primary N) is 1. The summed E-state index contributed by atoms with van der Waals surface area (Å²) in [6.45, 7) is 10.1. The maximum absolute atomic E-state index is 15.3. The topological polar surface area (TPSA) is 233 Å². The summed E-state index contributed by atoms with van der Waals surface area (Å²) in [7, 11) is 0. The Morgan fingerprint density at radius 2 is 1.51 bits per heavy atom. The van der Waals surface area contributed by atoms with Gasteiger partial charge in [-0.05, 0) is 127 Å². The van der Waals surface area contributed by atoms with Crippen molar-refractivity contribution >= 4 is 46.4 Å². The Hall–Kier alpha value is -6.64. The second kappa shape index (κ2) is 19.3. The standard InChI is InChI=1S/C49H59F2N13O6/c1-49(2,3)64-46-40(44(52)55-26-56-46)41(59-64)42-39(43(70-60-42)30-4-5-30)45-53-22-31(23-54-45)28-12-18-63(19-13-28)48(68)69-25-37(66)62-16-8-27(9-17-62)24-61-14-10-29(11-15-61)38-33(50)20-32(21-34(38)51)57-35-6-7-36(65)58-47(35)67/h20-23,26-30,35,57H,4-19,24-25H2,1-3H3,(H2,52,55,56)(H,58,65,67). The van der Waals surface area contributed by atoms with Crippen LogP contribution in [0.15, 0.2) is 35.4 Å². The summed E-state index contributed by atoms with van der Waals surface area (Å²) < 4.78 is 43.9. The number of carbonyl (C=O) groups is 4. The van der Waals surface area contributed by atoms with Crippen molar-refractivity contribution in [2.75, 3.05) is 63.5 Å². The lowest BCUT2D eigenvalue weighted by atomic mass is 9.87. The van der Waals surface area contributed by atoms with Crippen LogP contribution >= 0.6 is 0 Å². The number of halogens is 2. The Bertz CT molecular complexity index is 2760. The maximum Gasteiger partial charge on any atom is 0.410 e. The Morgan fingerprint density at radius 1 is 0.843 bits per heavy atom. The first kappa shape index (κ1) is 47.1. The van der Waals surface area contributed by atoms with Crippen LogP contribution in [-0.4, -0.2) is 132 Å². The predicted molar refractivity (Wildman–Crippen MR) is 252 cm³/mol. The van der Waals surface area contributed by atoms with Crippen molar-refractivity contribution in [2.45, 2.75) is 114 Å². The van der Waals surface area contributed by atoms with Gasteiger partial charge in [0.15, 0.2) is 23.8 Å². The zero-order valence-corrected chi connectivity index (χ0v) is 39.8. The van der Waals surface area contributed by atoms with Crippen LogP contribution < -0.4 is 16.4 Å². The van der Waals surface area contributed by atoms with Gasteiger partial charge in [-0.1, -0.05) is 5.16 Å². The van der Waals surface area contributed by atoms with E-state index in [-0.39, 0.29) is 60.3 Å². The molecule has 370 valence electrons. The number of hydrogen-bond acceptors (Lipinski definition) is 15. The summed E-state index contributed by atoms with van der Waals surface area (Å²) in [6, 6.07) is 1.73. The molecule has 1 aromatic carbocycles. The molecule has 1 atom stereocenters. The van der Waals surface area contributed by atoms with E-state index >= 15 is 8.78 Å². The summed E-state index contributed by atoms with van der Waals surface area (Å²) in [5, 5.41) is 15.1. The van der Waals surface area contributed by atoms with Crippen LogP contribution in [0.5, 0.6) is 0 Å². The number of benzene rings is 1. The Morgan fingerprint density at radius 3 is 2.17 bits per heavy atom. The molecule has 0 bridgehead atoms. The minimum Gasteiger partial charge on any atom is -0.439 e. The molecule has 1 unspecified atom stereocenters. The number of hydrogen-bond donors (Lipinski definition) is 3. The Kier molecular flexibility index (Phi) is 13.0.